The lowest BCUT2D eigenvalue weighted by Gasteiger charge is -2.06. The summed E-state index contributed by atoms with van der Waals surface area (Å²) in [5, 5.41) is 7.46. The highest BCUT2D eigenvalue weighted by atomic mass is 35.5. The summed E-state index contributed by atoms with van der Waals surface area (Å²) in [5.74, 6) is 0.339. The monoisotopic (exact) mass is 414 g/mol. The summed E-state index contributed by atoms with van der Waals surface area (Å²) >= 11 is 2.52. The molecule has 0 fully saturated rings. The van der Waals surface area contributed by atoms with Gasteiger partial charge >= 0.3 is 0 Å². The van der Waals surface area contributed by atoms with E-state index in [0.29, 0.717) is 14.8 Å². The van der Waals surface area contributed by atoms with Gasteiger partial charge < -0.3 is 10.5 Å². The molecule has 0 unspecified atom stereocenters. The first-order chi connectivity index (χ1) is 9.90. The van der Waals surface area contributed by atoms with E-state index in [4.69, 9.17) is 15.9 Å². The molecule has 0 aliphatic heterocycles. The van der Waals surface area contributed by atoms with Gasteiger partial charge in [-0.2, -0.15) is 0 Å². The highest BCUT2D eigenvalue weighted by Crippen LogP contribution is 2.37. The smallest absolute Gasteiger partial charge is 0.208 e. The zero-order valence-corrected chi connectivity index (χ0v) is 16.3. The van der Waals surface area contributed by atoms with Crippen LogP contribution in [0.2, 0.25) is 0 Å². The van der Waals surface area contributed by atoms with Crippen LogP contribution in [0.5, 0.6) is 5.75 Å². The van der Waals surface area contributed by atoms with Gasteiger partial charge in [-0.3, -0.25) is 5.41 Å². The van der Waals surface area contributed by atoms with E-state index in [1.807, 2.05) is 0 Å². The van der Waals surface area contributed by atoms with Gasteiger partial charge in [-0.25, -0.2) is 8.42 Å². The minimum Gasteiger partial charge on any atom is -0.497 e. The van der Waals surface area contributed by atoms with Crippen LogP contribution in [0.25, 0.3) is 0 Å². The van der Waals surface area contributed by atoms with Crippen LogP contribution in [-0.2, 0) is 9.84 Å². The number of halogens is 2. The third-order valence-electron chi connectivity index (χ3n) is 2.76. The molecule has 0 aliphatic rings. The summed E-state index contributed by atoms with van der Waals surface area (Å²) in [7, 11) is -2.19. The fourth-order valence-corrected chi connectivity index (χ4v) is 5.61. The molecule has 2 rings (SSSR count). The number of sulfone groups is 1. The number of amidine groups is 1. The Bertz CT molecular complexity index is 792. The first kappa shape index (κ1) is 22.1. The Labute approximate surface area is 155 Å². The van der Waals surface area contributed by atoms with Gasteiger partial charge in [0.05, 0.1) is 26.0 Å². The van der Waals surface area contributed by atoms with Gasteiger partial charge in [0.2, 0.25) is 9.84 Å². The van der Waals surface area contributed by atoms with Gasteiger partial charge in [-0.15, -0.1) is 47.9 Å². The van der Waals surface area contributed by atoms with Crippen LogP contribution in [-0.4, -0.2) is 27.6 Å². The number of benzene rings is 1. The molecule has 0 saturated heterocycles. The molecule has 0 aliphatic carbocycles. The van der Waals surface area contributed by atoms with Crippen LogP contribution in [0.15, 0.2) is 44.3 Å². The molecule has 0 atom stereocenters. The number of thiophene rings is 1. The van der Waals surface area contributed by atoms with Crippen molar-refractivity contribution >= 4 is 63.6 Å². The fourth-order valence-electron chi connectivity index (χ4n) is 1.72. The number of methoxy groups -OCH3 is 1. The van der Waals surface area contributed by atoms with Crippen molar-refractivity contribution in [3.05, 3.63) is 35.2 Å². The third-order valence-corrected chi connectivity index (χ3v) is 7.10. The molecular formula is C13H16Cl2N2O3S3. The molecule has 3 N–H and O–H groups in total. The molecule has 0 radical (unpaired) electrons. The van der Waals surface area contributed by atoms with Gasteiger partial charge in [0, 0.05) is 0 Å². The molecule has 0 saturated carbocycles. The highest BCUT2D eigenvalue weighted by molar-refractivity contribution is 8.01. The zero-order valence-electron chi connectivity index (χ0n) is 12.2. The zero-order chi connectivity index (χ0) is 15.6. The van der Waals surface area contributed by atoms with E-state index in [1.54, 1.807) is 18.4 Å². The highest BCUT2D eigenvalue weighted by Gasteiger charge is 2.25. The molecule has 23 heavy (non-hydrogen) atoms. The predicted octanol–water partition coefficient (Wildman–Crippen LogP) is 3.44. The molecule has 5 nitrogen and oxygen atoms in total. The Hall–Kier alpha value is -0.930. The summed E-state index contributed by atoms with van der Waals surface area (Å²) < 4.78 is 31.2. The van der Waals surface area contributed by atoms with Gasteiger partial charge in [-0.05, 0) is 30.5 Å². The third kappa shape index (κ3) is 4.54. The van der Waals surface area contributed by atoms with Crippen molar-refractivity contribution in [3.63, 3.8) is 0 Å². The SMILES string of the molecule is COc1cccc(S(=O)(=O)c2cc(C(=N)N)sc2SC)c1.Cl.Cl. The summed E-state index contributed by atoms with van der Waals surface area (Å²) in [6.45, 7) is 0. The van der Waals surface area contributed by atoms with E-state index in [1.165, 1.54) is 48.4 Å². The lowest BCUT2D eigenvalue weighted by molar-refractivity contribution is 0.413. The van der Waals surface area contributed by atoms with E-state index >= 15 is 0 Å². The average molecular weight is 415 g/mol. The van der Waals surface area contributed by atoms with Crippen molar-refractivity contribution in [1.29, 1.82) is 5.41 Å². The van der Waals surface area contributed by atoms with Crippen molar-refractivity contribution in [3.8, 4) is 5.75 Å². The summed E-state index contributed by atoms with van der Waals surface area (Å²) in [6.07, 6.45) is 1.79. The van der Waals surface area contributed by atoms with E-state index in [2.05, 4.69) is 0 Å². The molecule has 1 aromatic heterocycles. The Morgan fingerprint density at radius 2 is 1.96 bits per heavy atom. The van der Waals surface area contributed by atoms with Crippen molar-refractivity contribution in [2.45, 2.75) is 14.0 Å². The Kier molecular flexibility index (Phi) is 8.44. The Morgan fingerprint density at radius 1 is 1.30 bits per heavy atom. The lowest BCUT2D eigenvalue weighted by atomic mass is 10.3. The van der Waals surface area contributed by atoms with Gasteiger partial charge in [0.1, 0.15) is 11.6 Å². The second kappa shape index (κ2) is 8.79. The van der Waals surface area contributed by atoms with Crippen LogP contribution in [0.1, 0.15) is 4.88 Å². The maximum Gasteiger partial charge on any atom is 0.208 e. The molecule has 0 amide bonds. The van der Waals surface area contributed by atoms with Gasteiger partial charge in [0.25, 0.3) is 0 Å². The maximum atomic E-state index is 12.7. The summed E-state index contributed by atoms with van der Waals surface area (Å²) in [4.78, 5) is 0.782. The number of nitrogen functional groups attached to an aromatic ring is 1. The Morgan fingerprint density at radius 3 is 2.48 bits per heavy atom. The molecule has 0 spiro atoms. The minimum absolute atomic E-state index is 0. The van der Waals surface area contributed by atoms with Gasteiger partial charge in [0.15, 0.2) is 0 Å². The van der Waals surface area contributed by atoms with Crippen LogP contribution in [0.4, 0.5) is 0 Å². The second-order valence-electron chi connectivity index (χ2n) is 4.06. The number of rotatable bonds is 5. The number of ether oxygens (including phenoxy) is 1. The topological polar surface area (TPSA) is 93.2 Å². The van der Waals surface area contributed by atoms with E-state index < -0.39 is 9.84 Å². The molecule has 0 bridgehead atoms. The molecular weight excluding hydrogens is 399 g/mol. The minimum atomic E-state index is -3.67. The van der Waals surface area contributed by atoms with Crippen molar-refractivity contribution in [2.75, 3.05) is 13.4 Å². The molecule has 2 aromatic rings. The molecule has 10 heteroatoms. The average Bonchev–Trinajstić information content (AvgIpc) is 2.92. The number of thioether (sulfide) groups is 1. The Balaban J connectivity index is 0.00000242. The number of nitrogens with one attached hydrogen (secondary N) is 1. The van der Waals surface area contributed by atoms with Crippen molar-refractivity contribution in [2.24, 2.45) is 5.73 Å². The quantitative estimate of drug-likeness (QED) is 0.443. The van der Waals surface area contributed by atoms with E-state index in [0.717, 1.165) is 0 Å². The van der Waals surface area contributed by atoms with Gasteiger partial charge in [-0.1, -0.05) is 6.07 Å². The van der Waals surface area contributed by atoms with E-state index in [-0.39, 0.29) is 40.4 Å². The number of hydrogen-bond acceptors (Lipinski definition) is 6. The molecule has 1 heterocycles. The second-order valence-corrected chi connectivity index (χ2v) is 8.11. The predicted molar refractivity (Wildman–Crippen MR) is 100 cm³/mol. The van der Waals surface area contributed by atoms with Crippen LogP contribution >= 0.6 is 47.9 Å². The first-order valence-corrected chi connectivity index (χ1v) is 9.34. The maximum absolute atomic E-state index is 12.7. The summed E-state index contributed by atoms with van der Waals surface area (Å²) in [6, 6.07) is 7.76. The van der Waals surface area contributed by atoms with Crippen LogP contribution < -0.4 is 10.5 Å². The standard InChI is InChI=1S/C13H14N2O3S3.2ClH/c1-18-8-4-3-5-9(6-8)21(16,17)11-7-10(12(14)15)20-13(11)19-2;;/h3-7H,1-2H3,(H3,14,15);2*1H. The van der Waals surface area contributed by atoms with Crippen LogP contribution in [0.3, 0.4) is 0 Å². The number of hydrogen-bond donors (Lipinski definition) is 2. The van der Waals surface area contributed by atoms with Crippen molar-refractivity contribution in [1.82, 2.24) is 0 Å². The molecule has 128 valence electrons. The van der Waals surface area contributed by atoms with E-state index in [9.17, 15) is 8.42 Å². The number of nitrogens with two attached hydrogens (primary N) is 1. The van der Waals surface area contributed by atoms with Crippen molar-refractivity contribution < 1.29 is 13.2 Å². The largest absolute Gasteiger partial charge is 0.497 e. The first-order valence-electron chi connectivity index (χ1n) is 5.81. The molecule has 1 aromatic carbocycles. The normalized spacial score (nSPS) is 10.3. The fraction of sp³-hybridized carbons (Fsp3) is 0.154. The lowest BCUT2D eigenvalue weighted by Crippen LogP contribution is -2.08. The summed E-state index contributed by atoms with van der Waals surface area (Å²) in [5.41, 5.74) is 5.45. The van der Waals surface area contributed by atoms with Crippen LogP contribution in [0, 0.1) is 5.41 Å².